The van der Waals surface area contributed by atoms with Gasteiger partial charge in [-0.3, -0.25) is 9.78 Å². The van der Waals surface area contributed by atoms with E-state index in [9.17, 15) is 9.18 Å². The molecule has 0 aliphatic carbocycles. The van der Waals surface area contributed by atoms with E-state index in [0.717, 1.165) is 10.9 Å². The van der Waals surface area contributed by atoms with Gasteiger partial charge in [-0.15, -0.1) is 0 Å². The van der Waals surface area contributed by atoms with Gasteiger partial charge in [-0.2, -0.15) is 0 Å². The van der Waals surface area contributed by atoms with E-state index in [1.807, 2.05) is 36.4 Å². The van der Waals surface area contributed by atoms with Crippen LogP contribution in [0, 0.1) is 5.82 Å². The number of hydrogen-bond acceptors (Lipinski definition) is 4. The summed E-state index contributed by atoms with van der Waals surface area (Å²) in [4.78, 5) is 21.3. The summed E-state index contributed by atoms with van der Waals surface area (Å²) >= 11 is 0. The van der Waals surface area contributed by atoms with Gasteiger partial charge in [-0.05, 0) is 42.3 Å². The van der Waals surface area contributed by atoms with E-state index in [4.69, 9.17) is 0 Å². The summed E-state index contributed by atoms with van der Waals surface area (Å²) in [6, 6.07) is 19.5. The van der Waals surface area contributed by atoms with Gasteiger partial charge < -0.3 is 10.6 Å². The molecule has 144 valence electrons. The molecule has 0 atom stereocenters. The van der Waals surface area contributed by atoms with Crippen molar-refractivity contribution < 1.29 is 9.18 Å². The Labute approximate surface area is 167 Å². The number of aromatic nitrogens is 2. The molecule has 0 radical (unpaired) electrons. The van der Waals surface area contributed by atoms with E-state index in [0.29, 0.717) is 35.6 Å². The van der Waals surface area contributed by atoms with E-state index >= 15 is 0 Å². The largest absolute Gasteiger partial charge is 0.370 e. The molecular weight excluding hydrogens is 367 g/mol. The van der Waals surface area contributed by atoms with Crippen molar-refractivity contribution in [2.75, 3.05) is 17.2 Å². The number of fused-ring (bicyclic) bond motifs is 1. The summed E-state index contributed by atoms with van der Waals surface area (Å²) < 4.78 is 13.7. The standard InChI is InChI=1S/C23H19FN4O/c24-19-8-2-1-5-16(19)10-13-25-21-15-18(11-14-26-21)23(29)28-20-9-3-6-17-7-4-12-27-22(17)20/h1-9,11-12,14-15H,10,13H2,(H,25,26)(H,28,29). The van der Waals surface area contributed by atoms with Crippen molar-refractivity contribution in [3.8, 4) is 0 Å². The van der Waals surface area contributed by atoms with Crippen LogP contribution in [0.2, 0.25) is 0 Å². The van der Waals surface area contributed by atoms with Crippen molar-refractivity contribution in [1.29, 1.82) is 0 Å². The molecule has 5 nitrogen and oxygen atoms in total. The minimum absolute atomic E-state index is 0.223. The Bertz CT molecular complexity index is 1160. The summed E-state index contributed by atoms with van der Waals surface area (Å²) in [7, 11) is 0. The fourth-order valence-corrected chi connectivity index (χ4v) is 3.09. The fourth-order valence-electron chi connectivity index (χ4n) is 3.09. The van der Waals surface area contributed by atoms with Crippen LogP contribution >= 0.6 is 0 Å². The van der Waals surface area contributed by atoms with Gasteiger partial charge in [0.25, 0.3) is 5.91 Å². The van der Waals surface area contributed by atoms with Crippen molar-refractivity contribution in [2.45, 2.75) is 6.42 Å². The molecule has 2 N–H and O–H groups in total. The molecule has 6 heteroatoms. The van der Waals surface area contributed by atoms with Crippen LogP contribution in [-0.2, 0) is 6.42 Å². The van der Waals surface area contributed by atoms with Crippen LogP contribution in [0.4, 0.5) is 15.9 Å². The zero-order valence-corrected chi connectivity index (χ0v) is 15.6. The summed E-state index contributed by atoms with van der Waals surface area (Å²) in [6.45, 7) is 0.506. The molecule has 2 aromatic heterocycles. The van der Waals surface area contributed by atoms with Gasteiger partial charge in [0.15, 0.2) is 0 Å². The molecule has 2 aromatic carbocycles. The second-order valence-corrected chi connectivity index (χ2v) is 6.53. The first-order chi connectivity index (χ1) is 14.2. The lowest BCUT2D eigenvalue weighted by molar-refractivity contribution is 0.102. The number of anilines is 2. The molecule has 1 amide bonds. The molecule has 0 fully saturated rings. The molecule has 0 spiro atoms. The molecule has 0 saturated heterocycles. The molecule has 29 heavy (non-hydrogen) atoms. The number of pyridine rings is 2. The third kappa shape index (κ3) is 4.38. The van der Waals surface area contributed by atoms with E-state index in [2.05, 4.69) is 20.6 Å². The number of halogens is 1. The van der Waals surface area contributed by atoms with E-state index in [1.54, 1.807) is 36.7 Å². The fraction of sp³-hybridized carbons (Fsp3) is 0.0870. The molecule has 0 unspecified atom stereocenters. The van der Waals surface area contributed by atoms with Gasteiger partial charge in [0.2, 0.25) is 0 Å². The van der Waals surface area contributed by atoms with Gasteiger partial charge in [0, 0.05) is 29.9 Å². The van der Waals surface area contributed by atoms with Crippen LogP contribution < -0.4 is 10.6 Å². The highest BCUT2D eigenvalue weighted by Crippen LogP contribution is 2.21. The lowest BCUT2D eigenvalue weighted by atomic mass is 10.1. The predicted octanol–water partition coefficient (Wildman–Crippen LogP) is 4.68. The number of nitrogens with one attached hydrogen (secondary N) is 2. The Morgan fingerprint density at radius 2 is 1.79 bits per heavy atom. The maximum atomic E-state index is 13.7. The van der Waals surface area contributed by atoms with Gasteiger partial charge >= 0.3 is 0 Å². The minimum Gasteiger partial charge on any atom is -0.370 e. The lowest BCUT2D eigenvalue weighted by Crippen LogP contribution is -2.14. The summed E-state index contributed by atoms with van der Waals surface area (Å²) in [6.07, 6.45) is 3.79. The minimum atomic E-state index is -0.247. The van der Waals surface area contributed by atoms with E-state index in [-0.39, 0.29) is 11.7 Å². The average molecular weight is 386 g/mol. The highest BCUT2D eigenvalue weighted by molar-refractivity contribution is 6.08. The Balaban J connectivity index is 1.44. The third-order valence-electron chi connectivity index (χ3n) is 4.56. The topological polar surface area (TPSA) is 66.9 Å². The van der Waals surface area contributed by atoms with Crippen LogP contribution in [0.25, 0.3) is 10.9 Å². The van der Waals surface area contributed by atoms with Crippen LogP contribution in [0.3, 0.4) is 0 Å². The van der Waals surface area contributed by atoms with Gasteiger partial charge in [-0.25, -0.2) is 9.37 Å². The number of carbonyl (C=O) groups is 1. The molecule has 0 aliphatic heterocycles. The van der Waals surface area contributed by atoms with E-state index < -0.39 is 0 Å². The van der Waals surface area contributed by atoms with Crippen molar-refractivity contribution in [3.63, 3.8) is 0 Å². The first-order valence-corrected chi connectivity index (χ1v) is 9.29. The summed E-state index contributed by atoms with van der Waals surface area (Å²) in [5.74, 6) is 0.0897. The third-order valence-corrected chi connectivity index (χ3v) is 4.56. The van der Waals surface area contributed by atoms with Crippen molar-refractivity contribution >= 4 is 28.3 Å². The Kier molecular flexibility index (Phi) is 5.42. The number of hydrogen-bond donors (Lipinski definition) is 2. The highest BCUT2D eigenvalue weighted by atomic mass is 19.1. The average Bonchev–Trinajstić information content (AvgIpc) is 2.75. The molecule has 0 aliphatic rings. The number of rotatable bonds is 6. The van der Waals surface area contributed by atoms with Crippen molar-refractivity contribution in [1.82, 2.24) is 9.97 Å². The molecule has 0 saturated carbocycles. The van der Waals surface area contributed by atoms with Crippen LogP contribution in [0.1, 0.15) is 15.9 Å². The number of nitrogens with zero attached hydrogens (tertiary/aromatic N) is 2. The van der Waals surface area contributed by atoms with Crippen LogP contribution in [0.5, 0.6) is 0 Å². The Hall–Kier alpha value is -3.80. The molecule has 0 bridgehead atoms. The van der Waals surface area contributed by atoms with Gasteiger partial charge in [0.1, 0.15) is 11.6 Å². The molecule has 4 aromatic rings. The monoisotopic (exact) mass is 386 g/mol. The smallest absolute Gasteiger partial charge is 0.255 e. The van der Waals surface area contributed by atoms with Gasteiger partial charge in [0.05, 0.1) is 11.2 Å². The van der Waals surface area contributed by atoms with Gasteiger partial charge in [-0.1, -0.05) is 36.4 Å². The van der Waals surface area contributed by atoms with Crippen LogP contribution in [0.15, 0.2) is 79.1 Å². The number of carbonyl (C=O) groups excluding carboxylic acids is 1. The Morgan fingerprint density at radius 1 is 0.931 bits per heavy atom. The second-order valence-electron chi connectivity index (χ2n) is 6.53. The maximum absolute atomic E-state index is 13.7. The zero-order valence-electron chi connectivity index (χ0n) is 15.6. The predicted molar refractivity (Wildman–Crippen MR) is 113 cm³/mol. The zero-order chi connectivity index (χ0) is 20.1. The number of para-hydroxylation sites is 1. The van der Waals surface area contributed by atoms with Crippen molar-refractivity contribution in [2.24, 2.45) is 0 Å². The number of benzene rings is 2. The summed E-state index contributed by atoms with van der Waals surface area (Å²) in [5.41, 5.74) is 2.50. The Morgan fingerprint density at radius 3 is 2.69 bits per heavy atom. The lowest BCUT2D eigenvalue weighted by Gasteiger charge is -2.10. The highest BCUT2D eigenvalue weighted by Gasteiger charge is 2.10. The second kappa shape index (κ2) is 8.48. The maximum Gasteiger partial charge on any atom is 0.255 e. The summed E-state index contributed by atoms with van der Waals surface area (Å²) in [5, 5.41) is 7.00. The normalized spacial score (nSPS) is 10.7. The van der Waals surface area contributed by atoms with Crippen LogP contribution in [-0.4, -0.2) is 22.4 Å². The SMILES string of the molecule is O=C(Nc1cccc2cccnc12)c1ccnc(NCCc2ccccc2F)c1. The first kappa shape index (κ1) is 18.6. The quantitative estimate of drug-likeness (QED) is 0.505. The first-order valence-electron chi connectivity index (χ1n) is 9.29. The molecule has 4 rings (SSSR count). The molecule has 2 heterocycles. The molecular formula is C23H19FN4O. The van der Waals surface area contributed by atoms with Crippen molar-refractivity contribution in [3.05, 3.63) is 96.1 Å². The van der Waals surface area contributed by atoms with E-state index in [1.165, 1.54) is 6.07 Å². The number of amides is 1.